The fourth-order valence-corrected chi connectivity index (χ4v) is 2.17. The van der Waals surface area contributed by atoms with Gasteiger partial charge in [0, 0.05) is 18.1 Å². The Morgan fingerprint density at radius 3 is 2.68 bits per heavy atom. The number of anilines is 1. The molecular formula is C18H12N4O3. The molecule has 0 aliphatic carbocycles. The highest BCUT2D eigenvalue weighted by Gasteiger charge is 2.11. The number of amides is 1. The van der Waals surface area contributed by atoms with E-state index >= 15 is 0 Å². The maximum Gasteiger partial charge on any atom is 0.338 e. The molecule has 1 amide bonds. The number of ether oxygens (including phenoxy) is 1. The van der Waals surface area contributed by atoms with Gasteiger partial charge in [-0.05, 0) is 36.4 Å². The largest absolute Gasteiger partial charge is 0.452 e. The van der Waals surface area contributed by atoms with E-state index in [1.807, 2.05) is 6.07 Å². The van der Waals surface area contributed by atoms with E-state index in [2.05, 4.69) is 15.3 Å². The minimum atomic E-state index is -0.631. The molecule has 2 aromatic carbocycles. The van der Waals surface area contributed by atoms with Crippen LogP contribution in [0.3, 0.4) is 0 Å². The van der Waals surface area contributed by atoms with Crippen molar-refractivity contribution in [2.24, 2.45) is 0 Å². The van der Waals surface area contributed by atoms with Crippen LogP contribution in [0.1, 0.15) is 15.9 Å². The van der Waals surface area contributed by atoms with Crippen molar-refractivity contribution >= 4 is 28.6 Å². The number of nitriles is 1. The molecule has 0 aliphatic rings. The number of hydrogen-bond donors (Lipinski definition) is 1. The van der Waals surface area contributed by atoms with E-state index < -0.39 is 18.5 Å². The predicted octanol–water partition coefficient (Wildman–Crippen LogP) is 2.30. The first-order valence-corrected chi connectivity index (χ1v) is 7.33. The van der Waals surface area contributed by atoms with Gasteiger partial charge in [-0.15, -0.1) is 0 Å². The second-order valence-corrected chi connectivity index (χ2v) is 5.08. The van der Waals surface area contributed by atoms with Gasteiger partial charge in [0.1, 0.15) is 0 Å². The van der Waals surface area contributed by atoms with Crippen molar-refractivity contribution in [3.05, 3.63) is 66.0 Å². The molecule has 3 aromatic rings. The molecule has 122 valence electrons. The van der Waals surface area contributed by atoms with Crippen molar-refractivity contribution in [2.75, 3.05) is 11.9 Å². The zero-order valence-corrected chi connectivity index (χ0v) is 13.0. The van der Waals surface area contributed by atoms with Crippen LogP contribution >= 0.6 is 0 Å². The first kappa shape index (κ1) is 16.1. The molecule has 0 unspecified atom stereocenters. The highest BCUT2D eigenvalue weighted by Crippen LogP contribution is 2.12. The summed E-state index contributed by atoms with van der Waals surface area (Å²) in [6, 6.07) is 13.2. The quantitative estimate of drug-likeness (QED) is 0.735. The van der Waals surface area contributed by atoms with Crippen LogP contribution in [-0.4, -0.2) is 28.5 Å². The van der Waals surface area contributed by atoms with Crippen LogP contribution in [0, 0.1) is 11.3 Å². The second-order valence-electron chi connectivity index (χ2n) is 5.08. The standard InChI is InChI=1S/C18H12N4O3/c19-10-12-2-1-3-14(8-12)22-17(23)11-25-18(24)13-4-5-15-16(9-13)21-7-6-20-15/h1-9H,11H2,(H,22,23). The number of hydrogen-bond acceptors (Lipinski definition) is 6. The van der Waals surface area contributed by atoms with E-state index in [0.29, 0.717) is 22.3 Å². The smallest absolute Gasteiger partial charge is 0.338 e. The van der Waals surface area contributed by atoms with Gasteiger partial charge < -0.3 is 10.1 Å². The number of benzene rings is 2. The first-order valence-electron chi connectivity index (χ1n) is 7.33. The average Bonchev–Trinajstić information content (AvgIpc) is 2.65. The second kappa shape index (κ2) is 7.19. The lowest BCUT2D eigenvalue weighted by molar-refractivity contribution is -0.119. The van der Waals surface area contributed by atoms with Crippen molar-refractivity contribution in [1.82, 2.24) is 9.97 Å². The number of esters is 1. The Labute approximate surface area is 142 Å². The lowest BCUT2D eigenvalue weighted by Gasteiger charge is -2.07. The van der Waals surface area contributed by atoms with Crippen LogP contribution in [0.25, 0.3) is 11.0 Å². The SMILES string of the molecule is N#Cc1cccc(NC(=O)COC(=O)c2ccc3nccnc3c2)c1. The average molecular weight is 332 g/mol. The van der Waals surface area contributed by atoms with E-state index in [-0.39, 0.29) is 5.56 Å². The van der Waals surface area contributed by atoms with Gasteiger partial charge in [-0.3, -0.25) is 14.8 Å². The van der Waals surface area contributed by atoms with Gasteiger partial charge in [-0.1, -0.05) is 6.07 Å². The van der Waals surface area contributed by atoms with Crippen LogP contribution in [-0.2, 0) is 9.53 Å². The number of carbonyl (C=O) groups excluding carboxylic acids is 2. The normalized spacial score (nSPS) is 10.0. The Balaban J connectivity index is 1.60. The minimum absolute atomic E-state index is 0.285. The van der Waals surface area contributed by atoms with E-state index in [1.165, 1.54) is 12.3 Å². The zero-order chi connectivity index (χ0) is 17.6. The van der Waals surface area contributed by atoms with Gasteiger partial charge in [0.2, 0.25) is 0 Å². The molecule has 0 bridgehead atoms. The Bertz CT molecular complexity index is 995. The molecule has 1 aromatic heterocycles. The number of nitrogens with one attached hydrogen (secondary N) is 1. The number of nitrogens with zero attached hydrogens (tertiary/aromatic N) is 3. The van der Waals surface area contributed by atoms with Crippen LogP contribution in [0.5, 0.6) is 0 Å². The Morgan fingerprint density at radius 2 is 1.88 bits per heavy atom. The maximum absolute atomic E-state index is 12.1. The highest BCUT2D eigenvalue weighted by atomic mass is 16.5. The molecule has 7 nitrogen and oxygen atoms in total. The highest BCUT2D eigenvalue weighted by molar-refractivity contribution is 5.97. The molecule has 25 heavy (non-hydrogen) atoms. The van der Waals surface area contributed by atoms with E-state index in [0.717, 1.165) is 0 Å². The number of aromatic nitrogens is 2. The summed E-state index contributed by atoms with van der Waals surface area (Å²) in [6.45, 7) is -0.436. The zero-order valence-electron chi connectivity index (χ0n) is 13.0. The summed E-state index contributed by atoms with van der Waals surface area (Å²) in [6.07, 6.45) is 3.09. The number of rotatable bonds is 4. The van der Waals surface area contributed by atoms with Gasteiger partial charge in [-0.25, -0.2) is 4.79 Å². The third-order valence-electron chi connectivity index (χ3n) is 3.31. The van der Waals surface area contributed by atoms with Crippen molar-refractivity contribution in [1.29, 1.82) is 5.26 Å². The molecule has 0 fully saturated rings. The molecule has 1 heterocycles. The van der Waals surface area contributed by atoms with Crippen LogP contribution in [0.2, 0.25) is 0 Å². The maximum atomic E-state index is 12.1. The third-order valence-corrected chi connectivity index (χ3v) is 3.31. The Kier molecular flexibility index (Phi) is 4.62. The fourth-order valence-electron chi connectivity index (χ4n) is 2.17. The van der Waals surface area contributed by atoms with Gasteiger partial charge >= 0.3 is 5.97 Å². The number of carbonyl (C=O) groups is 2. The lowest BCUT2D eigenvalue weighted by atomic mass is 10.2. The van der Waals surface area contributed by atoms with Gasteiger partial charge in [0.15, 0.2) is 6.61 Å². The molecule has 0 atom stereocenters. The Hall–Kier alpha value is -3.79. The van der Waals surface area contributed by atoms with Crippen molar-refractivity contribution in [2.45, 2.75) is 0 Å². The van der Waals surface area contributed by atoms with E-state index in [9.17, 15) is 9.59 Å². The van der Waals surface area contributed by atoms with E-state index in [4.69, 9.17) is 10.00 Å². The van der Waals surface area contributed by atoms with Crippen molar-refractivity contribution < 1.29 is 14.3 Å². The van der Waals surface area contributed by atoms with E-state index in [1.54, 1.807) is 42.6 Å². The van der Waals surface area contributed by atoms with Gasteiger partial charge in [0.25, 0.3) is 5.91 Å². The molecule has 0 radical (unpaired) electrons. The summed E-state index contributed by atoms with van der Waals surface area (Å²) in [7, 11) is 0. The predicted molar refractivity (Wildman–Crippen MR) is 89.6 cm³/mol. The molecule has 0 aliphatic heterocycles. The summed E-state index contributed by atoms with van der Waals surface area (Å²) in [5, 5.41) is 11.4. The summed E-state index contributed by atoms with van der Waals surface area (Å²) in [4.78, 5) is 32.1. The van der Waals surface area contributed by atoms with Crippen molar-refractivity contribution in [3.8, 4) is 6.07 Å². The number of fused-ring (bicyclic) bond motifs is 1. The van der Waals surface area contributed by atoms with Crippen LogP contribution in [0.15, 0.2) is 54.9 Å². The first-order chi connectivity index (χ1) is 12.2. The minimum Gasteiger partial charge on any atom is -0.452 e. The molecule has 3 rings (SSSR count). The van der Waals surface area contributed by atoms with Crippen molar-refractivity contribution in [3.63, 3.8) is 0 Å². The molecule has 1 N–H and O–H groups in total. The molecular weight excluding hydrogens is 320 g/mol. The summed E-state index contributed by atoms with van der Waals surface area (Å²) < 4.78 is 5.00. The van der Waals surface area contributed by atoms with Crippen LogP contribution in [0.4, 0.5) is 5.69 Å². The molecule has 0 saturated carbocycles. The molecule has 7 heteroatoms. The monoisotopic (exact) mass is 332 g/mol. The Morgan fingerprint density at radius 1 is 1.08 bits per heavy atom. The summed E-state index contributed by atoms with van der Waals surface area (Å²) in [5.41, 5.74) is 2.39. The summed E-state index contributed by atoms with van der Waals surface area (Å²) in [5.74, 6) is -1.13. The fraction of sp³-hybridized carbons (Fsp3) is 0.0556. The molecule has 0 saturated heterocycles. The lowest BCUT2D eigenvalue weighted by Crippen LogP contribution is -2.21. The van der Waals surface area contributed by atoms with Gasteiger partial charge in [0.05, 0.1) is 28.2 Å². The topological polar surface area (TPSA) is 105 Å². The molecule has 0 spiro atoms. The third kappa shape index (κ3) is 3.95. The van der Waals surface area contributed by atoms with Gasteiger partial charge in [-0.2, -0.15) is 5.26 Å². The summed E-state index contributed by atoms with van der Waals surface area (Å²) >= 11 is 0. The van der Waals surface area contributed by atoms with Crippen LogP contribution < -0.4 is 5.32 Å².